The Hall–Kier alpha value is -2.30. The molecule has 2 N–H and O–H groups in total. The molecule has 1 aliphatic carbocycles. The molecule has 5 nitrogen and oxygen atoms in total. The number of fused-ring (bicyclic) bond motifs is 1. The zero-order valence-corrected chi connectivity index (χ0v) is 16.5. The van der Waals surface area contributed by atoms with E-state index in [1.165, 1.54) is 11.3 Å². The number of aromatic nitrogens is 2. The van der Waals surface area contributed by atoms with Crippen molar-refractivity contribution in [1.82, 2.24) is 20.4 Å². The Labute approximate surface area is 156 Å². The monoisotopic (exact) mass is 354 g/mol. The Morgan fingerprint density at radius 1 is 1.23 bits per heavy atom. The number of urea groups is 1. The predicted octanol–water partition coefficient (Wildman–Crippen LogP) is 4.25. The number of amides is 2. The highest BCUT2D eigenvalue weighted by molar-refractivity contribution is 5.74. The lowest BCUT2D eigenvalue weighted by Gasteiger charge is -2.25. The molecule has 1 heterocycles. The Balaban J connectivity index is 1.83. The molecule has 140 valence electrons. The SMILES string of the molecule is CC(C)NC(=O)N[C@H]1CCCc2c1cnn2-c1ccc(C(C)(C)C)cc1. The fraction of sp³-hybridized carbons (Fsp3) is 0.524. The maximum atomic E-state index is 12.1. The number of hydrogen-bond donors (Lipinski definition) is 2. The minimum absolute atomic E-state index is 0.0279. The molecule has 2 amide bonds. The van der Waals surface area contributed by atoms with Gasteiger partial charge < -0.3 is 10.6 Å². The number of nitrogens with one attached hydrogen (secondary N) is 2. The van der Waals surface area contributed by atoms with Crippen molar-refractivity contribution in [2.24, 2.45) is 0 Å². The Kier molecular flexibility index (Phi) is 5.08. The lowest BCUT2D eigenvalue weighted by atomic mass is 9.87. The number of rotatable bonds is 3. The molecule has 1 aromatic heterocycles. The molecule has 0 radical (unpaired) electrons. The van der Waals surface area contributed by atoms with Crippen molar-refractivity contribution >= 4 is 6.03 Å². The summed E-state index contributed by atoms with van der Waals surface area (Å²) in [7, 11) is 0. The van der Waals surface area contributed by atoms with Crippen LogP contribution in [0.1, 0.15) is 70.3 Å². The first-order chi connectivity index (χ1) is 12.3. The minimum atomic E-state index is -0.111. The van der Waals surface area contributed by atoms with Gasteiger partial charge in [0, 0.05) is 17.3 Å². The van der Waals surface area contributed by atoms with Gasteiger partial charge in [-0.1, -0.05) is 32.9 Å². The third-order valence-electron chi connectivity index (χ3n) is 4.89. The van der Waals surface area contributed by atoms with Gasteiger partial charge >= 0.3 is 6.03 Å². The normalized spacial score (nSPS) is 17.1. The largest absolute Gasteiger partial charge is 0.336 e. The van der Waals surface area contributed by atoms with Gasteiger partial charge in [0.25, 0.3) is 0 Å². The van der Waals surface area contributed by atoms with Crippen LogP contribution >= 0.6 is 0 Å². The van der Waals surface area contributed by atoms with Crippen LogP contribution in [0.5, 0.6) is 0 Å². The molecule has 0 unspecified atom stereocenters. The summed E-state index contributed by atoms with van der Waals surface area (Å²) < 4.78 is 2.02. The van der Waals surface area contributed by atoms with Crippen LogP contribution in [0.25, 0.3) is 5.69 Å². The van der Waals surface area contributed by atoms with Crippen molar-refractivity contribution in [2.75, 3.05) is 0 Å². The quantitative estimate of drug-likeness (QED) is 0.865. The number of hydrogen-bond acceptors (Lipinski definition) is 2. The molecule has 5 heteroatoms. The van der Waals surface area contributed by atoms with E-state index in [0.717, 1.165) is 30.5 Å². The molecular weight excluding hydrogens is 324 g/mol. The highest BCUT2D eigenvalue weighted by Crippen LogP contribution is 2.31. The van der Waals surface area contributed by atoms with Gasteiger partial charge in [0.1, 0.15) is 0 Å². The lowest BCUT2D eigenvalue weighted by Crippen LogP contribution is -2.42. The van der Waals surface area contributed by atoms with E-state index in [9.17, 15) is 4.79 Å². The summed E-state index contributed by atoms with van der Waals surface area (Å²) in [6.45, 7) is 10.6. The standard InChI is InChI=1S/C21H30N4O/c1-14(2)23-20(26)24-18-7-6-8-19-17(18)13-22-25(19)16-11-9-15(10-12-16)21(3,4)5/h9-14,18H,6-8H2,1-5H3,(H2,23,24,26)/t18-/m0/s1. The van der Waals surface area contributed by atoms with E-state index in [1.807, 2.05) is 24.7 Å². The lowest BCUT2D eigenvalue weighted by molar-refractivity contribution is 0.233. The second-order valence-electron chi connectivity index (χ2n) is 8.47. The molecule has 1 aliphatic rings. The second-order valence-corrected chi connectivity index (χ2v) is 8.47. The molecule has 0 fully saturated rings. The Morgan fingerprint density at radius 3 is 2.54 bits per heavy atom. The maximum absolute atomic E-state index is 12.1. The fourth-order valence-electron chi connectivity index (χ4n) is 3.49. The summed E-state index contributed by atoms with van der Waals surface area (Å²) in [5.41, 5.74) is 4.87. The molecule has 0 saturated heterocycles. The number of carbonyl (C=O) groups is 1. The first kappa shape index (κ1) is 18.5. The van der Waals surface area contributed by atoms with Crippen LogP contribution < -0.4 is 10.6 Å². The molecular formula is C21H30N4O. The van der Waals surface area contributed by atoms with Crippen molar-refractivity contribution in [3.05, 3.63) is 47.3 Å². The average Bonchev–Trinajstić information content (AvgIpc) is 2.98. The summed E-state index contributed by atoms with van der Waals surface area (Å²) in [6, 6.07) is 8.67. The Bertz CT molecular complexity index is 768. The van der Waals surface area contributed by atoms with Crippen LogP contribution in [-0.4, -0.2) is 21.9 Å². The van der Waals surface area contributed by atoms with Crippen molar-refractivity contribution in [2.45, 2.75) is 71.4 Å². The molecule has 0 aliphatic heterocycles. The van der Waals surface area contributed by atoms with Crippen LogP contribution in [0.15, 0.2) is 30.5 Å². The van der Waals surface area contributed by atoms with Crippen LogP contribution in [0.2, 0.25) is 0 Å². The van der Waals surface area contributed by atoms with Crippen molar-refractivity contribution in [1.29, 1.82) is 0 Å². The van der Waals surface area contributed by atoms with E-state index in [1.54, 1.807) is 0 Å². The minimum Gasteiger partial charge on any atom is -0.336 e. The summed E-state index contributed by atoms with van der Waals surface area (Å²) in [5, 5.41) is 10.6. The predicted molar refractivity (Wildman–Crippen MR) is 105 cm³/mol. The van der Waals surface area contributed by atoms with Gasteiger partial charge in [0.2, 0.25) is 0 Å². The number of benzene rings is 1. The highest BCUT2D eigenvalue weighted by Gasteiger charge is 2.26. The zero-order valence-electron chi connectivity index (χ0n) is 16.5. The molecule has 0 spiro atoms. The number of carbonyl (C=O) groups excluding carboxylic acids is 1. The molecule has 26 heavy (non-hydrogen) atoms. The van der Waals surface area contributed by atoms with Crippen molar-refractivity contribution < 1.29 is 4.79 Å². The van der Waals surface area contributed by atoms with Gasteiger partial charge in [0.15, 0.2) is 0 Å². The van der Waals surface area contributed by atoms with Crippen LogP contribution in [0.4, 0.5) is 4.79 Å². The van der Waals surface area contributed by atoms with Gasteiger partial charge in [-0.15, -0.1) is 0 Å². The van der Waals surface area contributed by atoms with E-state index in [0.29, 0.717) is 0 Å². The smallest absolute Gasteiger partial charge is 0.315 e. The van der Waals surface area contributed by atoms with E-state index in [-0.39, 0.29) is 23.5 Å². The zero-order chi connectivity index (χ0) is 18.9. The Morgan fingerprint density at radius 2 is 1.92 bits per heavy atom. The molecule has 0 bridgehead atoms. The van der Waals surface area contributed by atoms with E-state index >= 15 is 0 Å². The van der Waals surface area contributed by atoms with Gasteiger partial charge in [0.05, 0.1) is 17.9 Å². The molecule has 1 aromatic carbocycles. The fourth-order valence-corrected chi connectivity index (χ4v) is 3.49. The second kappa shape index (κ2) is 7.14. The topological polar surface area (TPSA) is 59.0 Å². The van der Waals surface area contributed by atoms with E-state index in [2.05, 4.69) is 60.8 Å². The maximum Gasteiger partial charge on any atom is 0.315 e. The van der Waals surface area contributed by atoms with Gasteiger partial charge in [-0.3, -0.25) is 0 Å². The van der Waals surface area contributed by atoms with Gasteiger partial charge in [-0.25, -0.2) is 9.48 Å². The van der Waals surface area contributed by atoms with Crippen LogP contribution in [0, 0.1) is 0 Å². The molecule has 0 saturated carbocycles. The first-order valence-electron chi connectivity index (χ1n) is 9.50. The van der Waals surface area contributed by atoms with E-state index in [4.69, 9.17) is 0 Å². The average molecular weight is 354 g/mol. The third-order valence-corrected chi connectivity index (χ3v) is 4.89. The van der Waals surface area contributed by atoms with Crippen LogP contribution in [0.3, 0.4) is 0 Å². The molecule has 3 rings (SSSR count). The summed E-state index contributed by atoms with van der Waals surface area (Å²) in [6.07, 6.45) is 4.89. The first-order valence-corrected chi connectivity index (χ1v) is 9.50. The van der Waals surface area contributed by atoms with Crippen molar-refractivity contribution in [3.63, 3.8) is 0 Å². The molecule has 2 aromatic rings. The summed E-state index contributed by atoms with van der Waals surface area (Å²) >= 11 is 0. The van der Waals surface area contributed by atoms with E-state index < -0.39 is 0 Å². The van der Waals surface area contributed by atoms with Crippen LogP contribution in [-0.2, 0) is 11.8 Å². The van der Waals surface area contributed by atoms with Gasteiger partial charge in [-0.05, 0) is 56.2 Å². The third kappa shape index (κ3) is 3.92. The highest BCUT2D eigenvalue weighted by atomic mass is 16.2. The van der Waals surface area contributed by atoms with Crippen molar-refractivity contribution in [3.8, 4) is 5.69 Å². The summed E-state index contributed by atoms with van der Waals surface area (Å²) in [4.78, 5) is 12.1. The number of nitrogens with zero attached hydrogens (tertiary/aromatic N) is 2. The van der Waals surface area contributed by atoms with Gasteiger partial charge in [-0.2, -0.15) is 5.10 Å². The summed E-state index contributed by atoms with van der Waals surface area (Å²) in [5.74, 6) is 0. The molecule has 1 atom stereocenters.